The van der Waals surface area contributed by atoms with Gasteiger partial charge in [0.1, 0.15) is 0 Å². The topological polar surface area (TPSA) is 19.7 Å². The van der Waals surface area contributed by atoms with Crippen LogP contribution in [0.2, 0.25) is 0 Å². The highest BCUT2D eigenvalue weighted by atomic mass is 15.1. The minimum Gasteiger partial charge on any atom is -0.241 e. The summed E-state index contributed by atoms with van der Waals surface area (Å²) in [4.78, 5) is 3.55. The lowest BCUT2D eigenvalue weighted by atomic mass is 10.1. The highest BCUT2D eigenvalue weighted by molar-refractivity contribution is 5.71. The molecule has 0 fully saturated rings. The van der Waals surface area contributed by atoms with Gasteiger partial charge in [0, 0.05) is 0 Å². The van der Waals surface area contributed by atoms with E-state index in [0.717, 1.165) is 12.5 Å². The number of benzene rings is 1. The maximum atomic E-state index is 3.55. The minimum atomic E-state index is 0.537. The van der Waals surface area contributed by atoms with Gasteiger partial charge in [-0.3, -0.25) is 0 Å². The molecule has 2 aromatic rings. The average molecular weight is 231 g/mol. The van der Waals surface area contributed by atoms with Crippen molar-refractivity contribution in [2.75, 3.05) is 0 Å². The van der Waals surface area contributed by atoms with Crippen molar-refractivity contribution in [3.63, 3.8) is 0 Å². The molecule has 1 aromatic heterocycles. The monoisotopic (exact) mass is 231 g/mol. The van der Waals surface area contributed by atoms with Crippen molar-refractivity contribution in [1.29, 1.82) is 0 Å². The molecule has 2 rings (SSSR count). The molecule has 0 spiro atoms. The predicted octanol–water partition coefficient (Wildman–Crippen LogP) is 3.62. The van der Waals surface area contributed by atoms with Crippen LogP contribution in [0.5, 0.6) is 0 Å². The summed E-state index contributed by atoms with van der Waals surface area (Å²) >= 11 is 0. The van der Waals surface area contributed by atoms with Gasteiger partial charge in [0.2, 0.25) is 0 Å². The molecule has 0 radical (unpaired) electrons. The first-order valence-corrected chi connectivity index (χ1v) is 6.60. The number of nitrogens with one attached hydrogen (secondary N) is 1. The second kappa shape index (κ2) is 4.91. The van der Waals surface area contributed by atoms with Crippen LogP contribution in [-0.4, -0.2) is 4.98 Å². The third kappa shape index (κ3) is 2.51. The smallest absolute Gasteiger partial charge is 0.241 e. The van der Waals surface area contributed by atoms with E-state index in [1.54, 1.807) is 0 Å². The van der Waals surface area contributed by atoms with Gasteiger partial charge in [0.25, 0.3) is 5.82 Å². The zero-order valence-electron chi connectivity index (χ0n) is 11.3. The van der Waals surface area contributed by atoms with E-state index in [1.165, 1.54) is 23.3 Å². The van der Waals surface area contributed by atoms with Crippen LogP contribution >= 0.6 is 0 Å². The fraction of sp³-hybridized carbons (Fsp3) is 0.533. The quantitative estimate of drug-likeness (QED) is 0.775. The van der Waals surface area contributed by atoms with Crippen molar-refractivity contribution in [3.05, 3.63) is 30.1 Å². The maximum Gasteiger partial charge on any atom is 0.257 e. The first-order valence-electron chi connectivity index (χ1n) is 6.60. The Morgan fingerprint density at radius 1 is 1.12 bits per heavy atom. The molecule has 0 aliphatic carbocycles. The number of rotatable bonds is 4. The van der Waals surface area contributed by atoms with Gasteiger partial charge in [0.05, 0.1) is 12.5 Å². The average Bonchev–Trinajstić information content (AvgIpc) is 2.65. The maximum absolute atomic E-state index is 3.55. The Labute approximate surface area is 104 Å². The Bertz CT molecular complexity index is 495. The van der Waals surface area contributed by atoms with E-state index in [1.807, 2.05) is 0 Å². The number of aromatic amines is 1. The van der Waals surface area contributed by atoms with Gasteiger partial charge in [-0.05, 0) is 24.5 Å². The van der Waals surface area contributed by atoms with Crippen LogP contribution in [0.15, 0.2) is 24.3 Å². The van der Waals surface area contributed by atoms with Gasteiger partial charge in [-0.25, -0.2) is 9.55 Å². The molecule has 1 aromatic carbocycles. The molecule has 0 aliphatic heterocycles. The Balaban J connectivity index is 2.44. The normalized spacial score (nSPS) is 11.9. The van der Waals surface area contributed by atoms with Crippen molar-refractivity contribution in [3.8, 4) is 0 Å². The van der Waals surface area contributed by atoms with Gasteiger partial charge < -0.3 is 0 Å². The van der Waals surface area contributed by atoms with Crippen LogP contribution in [0.3, 0.4) is 0 Å². The highest BCUT2D eigenvalue weighted by Crippen LogP contribution is 2.15. The summed E-state index contributed by atoms with van der Waals surface area (Å²) < 4.78 is 2.44. The van der Waals surface area contributed by atoms with E-state index in [-0.39, 0.29) is 0 Å². The molecule has 0 saturated heterocycles. The second-order valence-electron chi connectivity index (χ2n) is 5.52. The lowest BCUT2D eigenvalue weighted by Gasteiger charge is -2.06. The van der Waals surface area contributed by atoms with Crippen LogP contribution in [0.4, 0.5) is 0 Å². The molecule has 92 valence electrons. The van der Waals surface area contributed by atoms with Gasteiger partial charge in [0.15, 0.2) is 11.0 Å². The zero-order valence-corrected chi connectivity index (χ0v) is 11.3. The first kappa shape index (κ1) is 12.2. The van der Waals surface area contributed by atoms with E-state index < -0.39 is 0 Å². The molecule has 0 unspecified atom stereocenters. The molecule has 1 N–H and O–H groups in total. The van der Waals surface area contributed by atoms with Crippen LogP contribution in [0.1, 0.15) is 45.9 Å². The lowest BCUT2D eigenvalue weighted by Crippen LogP contribution is -2.38. The Hall–Kier alpha value is -1.31. The fourth-order valence-corrected chi connectivity index (χ4v) is 2.23. The highest BCUT2D eigenvalue weighted by Gasteiger charge is 2.20. The van der Waals surface area contributed by atoms with Crippen LogP contribution in [0.25, 0.3) is 11.0 Å². The van der Waals surface area contributed by atoms with Crippen molar-refractivity contribution < 1.29 is 4.57 Å². The molecular formula is C15H23N2+. The van der Waals surface area contributed by atoms with Crippen molar-refractivity contribution in [2.24, 2.45) is 5.92 Å². The van der Waals surface area contributed by atoms with E-state index in [0.29, 0.717) is 5.92 Å². The number of hydrogen-bond acceptors (Lipinski definition) is 0. The number of aryl methyl sites for hydroxylation is 1. The van der Waals surface area contributed by atoms with Gasteiger partial charge in [-0.2, -0.15) is 0 Å². The van der Waals surface area contributed by atoms with E-state index in [2.05, 4.69) is 61.5 Å². The summed E-state index contributed by atoms with van der Waals surface area (Å²) in [6.45, 7) is 10.2. The number of aromatic nitrogens is 2. The molecule has 0 amide bonds. The van der Waals surface area contributed by atoms with Gasteiger partial charge in [-0.15, -0.1) is 0 Å². The van der Waals surface area contributed by atoms with Crippen molar-refractivity contribution >= 4 is 11.0 Å². The molecule has 0 saturated carbocycles. The largest absolute Gasteiger partial charge is 0.257 e. The Morgan fingerprint density at radius 3 is 2.47 bits per heavy atom. The number of para-hydroxylation sites is 2. The lowest BCUT2D eigenvalue weighted by molar-refractivity contribution is -0.681. The van der Waals surface area contributed by atoms with Crippen LogP contribution < -0.4 is 4.57 Å². The Kier molecular flexibility index (Phi) is 3.51. The molecule has 0 aliphatic rings. The van der Waals surface area contributed by atoms with Crippen molar-refractivity contribution in [2.45, 2.75) is 46.6 Å². The van der Waals surface area contributed by atoms with Gasteiger partial charge in [-0.1, -0.05) is 39.8 Å². The van der Waals surface area contributed by atoms with E-state index in [9.17, 15) is 0 Å². The number of hydrogen-bond donors (Lipinski definition) is 1. The molecule has 0 bridgehead atoms. The van der Waals surface area contributed by atoms with Crippen LogP contribution in [0, 0.1) is 5.92 Å². The Morgan fingerprint density at radius 2 is 1.82 bits per heavy atom. The molecule has 17 heavy (non-hydrogen) atoms. The van der Waals surface area contributed by atoms with E-state index >= 15 is 0 Å². The summed E-state index contributed by atoms with van der Waals surface area (Å²) in [6.07, 6.45) is 1.23. The summed E-state index contributed by atoms with van der Waals surface area (Å²) in [5, 5.41) is 0. The summed E-state index contributed by atoms with van der Waals surface area (Å²) in [5.41, 5.74) is 2.58. The number of fused-ring (bicyclic) bond motifs is 1. The third-order valence-electron chi connectivity index (χ3n) is 3.23. The SMILES string of the molecule is CC(C)CC[n+]1c(C(C)C)[nH]c2ccccc21. The summed E-state index contributed by atoms with van der Waals surface area (Å²) in [6, 6.07) is 8.58. The molecule has 1 heterocycles. The summed E-state index contributed by atoms with van der Waals surface area (Å²) in [7, 11) is 0. The second-order valence-corrected chi connectivity index (χ2v) is 5.52. The number of imidazole rings is 1. The number of nitrogens with zero attached hydrogens (tertiary/aromatic N) is 1. The van der Waals surface area contributed by atoms with Gasteiger partial charge >= 0.3 is 0 Å². The first-order chi connectivity index (χ1) is 8.09. The van der Waals surface area contributed by atoms with Crippen molar-refractivity contribution in [1.82, 2.24) is 4.98 Å². The summed E-state index contributed by atoms with van der Waals surface area (Å²) in [5.74, 6) is 2.62. The number of H-pyrrole nitrogens is 1. The predicted molar refractivity (Wildman–Crippen MR) is 72.0 cm³/mol. The molecule has 2 heteroatoms. The third-order valence-corrected chi connectivity index (χ3v) is 3.23. The minimum absolute atomic E-state index is 0.537. The molecule has 2 nitrogen and oxygen atoms in total. The molecular weight excluding hydrogens is 208 g/mol. The standard InChI is InChI=1S/C15H22N2/c1-11(2)9-10-17-14-8-6-5-7-13(14)16-15(17)12(3)4/h5-8,11-12H,9-10H2,1-4H3/p+1. The zero-order chi connectivity index (χ0) is 12.4. The van der Waals surface area contributed by atoms with E-state index in [4.69, 9.17) is 0 Å². The molecule has 0 atom stereocenters. The fourth-order valence-electron chi connectivity index (χ4n) is 2.23. The van der Waals surface area contributed by atoms with Crippen LogP contribution in [-0.2, 0) is 6.54 Å².